The Kier molecular flexibility index (Phi) is 3.94. The Bertz CT molecular complexity index is 416. The molecule has 1 aliphatic rings. The summed E-state index contributed by atoms with van der Waals surface area (Å²) in [6, 6.07) is 1.60. The highest BCUT2D eigenvalue weighted by Gasteiger charge is 2.30. The summed E-state index contributed by atoms with van der Waals surface area (Å²) in [7, 11) is 0. The van der Waals surface area contributed by atoms with Gasteiger partial charge in [0.1, 0.15) is 0 Å². The van der Waals surface area contributed by atoms with Crippen molar-refractivity contribution in [3.05, 3.63) is 28.9 Å². The zero-order valence-electron chi connectivity index (χ0n) is 10.2. The van der Waals surface area contributed by atoms with Crippen LogP contribution in [0.25, 0.3) is 0 Å². The molecule has 1 aromatic rings. The summed E-state index contributed by atoms with van der Waals surface area (Å²) < 4.78 is 1.70. The third-order valence-corrected chi connectivity index (χ3v) is 3.69. The molecule has 1 fully saturated rings. The van der Waals surface area contributed by atoms with E-state index in [1.165, 1.54) is 12.3 Å². The Morgan fingerprint density at radius 2 is 2.35 bits per heavy atom. The van der Waals surface area contributed by atoms with E-state index in [0.717, 1.165) is 25.7 Å². The van der Waals surface area contributed by atoms with Crippen LogP contribution >= 0.6 is 0 Å². The lowest BCUT2D eigenvalue weighted by atomic mass is 9.80. The molecule has 4 nitrogen and oxygen atoms in total. The highest BCUT2D eigenvalue weighted by atomic mass is 16.3. The van der Waals surface area contributed by atoms with Gasteiger partial charge in [0.05, 0.1) is 12.4 Å². The first-order valence-corrected chi connectivity index (χ1v) is 6.42. The van der Waals surface area contributed by atoms with Crippen molar-refractivity contribution in [2.45, 2.75) is 51.2 Å². The van der Waals surface area contributed by atoms with E-state index in [9.17, 15) is 9.90 Å². The summed E-state index contributed by atoms with van der Waals surface area (Å²) in [5.74, 6) is 0.491. The summed E-state index contributed by atoms with van der Waals surface area (Å²) in [5.41, 5.74) is -0.0137. The van der Waals surface area contributed by atoms with E-state index in [-0.39, 0.29) is 17.7 Å². The van der Waals surface area contributed by atoms with Crippen LogP contribution in [0.15, 0.2) is 23.4 Å². The molecule has 0 saturated heterocycles. The number of nitrogens with zero attached hydrogens (tertiary/aromatic N) is 2. The van der Waals surface area contributed by atoms with Crippen LogP contribution in [0.3, 0.4) is 0 Å². The maximum Gasteiger partial charge on any atom is 0.253 e. The van der Waals surface area contributed by atoms with Crippen LogP contribution in [0.1, 0.15) is 45.1 Å². The molecule has 1 heterocycles. The number of rotatable bonds is 3. The molecule has 1 N–H and O–H groups in total. The van der Waals surface area contributed by atoms with E-state index < -0.39 is 0 Å². The zero-order valence-corrected chi connectivity index (χ0v) is 10.2. The molecule has 17 heavy (non-hydrogen) atoms. The minimum Gasteiger partial charge on any atom is -0.393 e. The maximum atomic E-state index is 11.8. The van der Waals surface area contributed by atoms with Gasteiger partial charge in [-0.05, 0) is 31.6 Å². The summed E-state index contributed by atoms with van der Waals surface area (Å²) >= 11 is 0. The average molecular weight is 236 g/mol. The second-order valence-electron chi connectivity index (χ2n) is 4.91. The monoisotopic (exact) mass is 236 g/mol. The van der Waals surface area contributed by atoms with Crippen LogP contribution in [-0.2, 0) is 0 Å². The predicted octanol–water partition coefficient (Wildman–Crippen LogP) is 1.75. The first-order chi connectivity index (χ1) is 8.22. The fourth-order valence-corrected chi connectivity index (χ4v) is 2.85. The van der Waals surface area contributed by atoms with Gasteiger partial charge in [-0.15, -0.1) is 0 Å². The fourth-order valence-electron chi connectivity index (χ4n) is 2.85. The van der Waals surface area contributed by atoms with Crippen molar-refractivity contribution >= 4 is 0 Å². The molecule has 2 rings (SSSR count). The minimum absolute atomic E-state index is 0.0137. The van der Waals surface area contributed by atoms with Gasteiger partial charge in [-0.3, -0.25) is 9.36 Å². The molecule has 94 valence electrons. The minimum atomic E-state index is -0.278. The number of hydrogen-bond acceptors (Lipinski definition) is 3. The van der Waals surface area contributed by atoms with Gasteiger partial charge in [-0.25, -0.2) is 4.98 Å². The van der Waals surface area contributed by atoms with E-state index >= 15 is 0 Å². The van der Waals surface area contributed by atoms with Gasteiger partial charge in [-0.2, -0.15) is 0 Å². The van der Waals surface area contributed by atoms with Crippen LogP contribution in [-0.4, -0.2) is 20.8 Å². The molecule has 1 aromatic heterocycles. The van der Waals surface area contributed by atoms with E-state index in [1.807, 2.05) is 0 Å². The molecule has 3 unspecified atom stereocenters. The highest BCUT2D eigenvalue weighted by molar-refractivity contribution is 4.91. The topological polar surface area (TPSA) is 55.1 Å². The normalized spacial score (nSPS) is 29.2. The van der Waals surface area contributed by atoms with E-state index in [2.05, 4.69) is 11.9 Å². The predicted molar refractivity (Wildman–Crippen MR) is 65.8 cm³/mol. The Hall–Kier alpha value is -1.16. The molecule has 0 amide bonds. The molecule has 0 aromatic carbocycles. The lowest BCUT2D eigenvalue weighted by Gasteiger charge is -2.35. The molecule has 0 spiro atoms. The highest BCUT2D eigenvalue weighted by Crippen LogP contribution is 2.35. The smallest absolute Gasteiger partial charge is 0.253 e. The quantitative estimate of drug-likeness (QED) is 0.869. The number of aliphatic hydroxyl groups is 1. The SMILES string of the molecule is CCCC1CCC(O)CC1n1cnccc1=O. The van der Waals surface area contributed by atoms with Crippen LogP contribution < -0.4 is 5.56 Å². The van der Waals surface area contributed by atoms with Crippen molar-refractivity contribution in [1.29, 1.82) is 0 Å². The van der Waals surface area contributed by atoms with Crippen LogP contribution in [0.2, 0.25) is 0 Å². The average Bonchev–Trinajstić information content (AvgIpc) is 2.32. The molecule has 1 aliphatic carbocycles. The van der Waals surface area contributed by atoms with Gasteiger partial charge < -0.3 is 5.11 Å². The van der Waals surface area contributed by atoms with Gasteiger partial charge in [0.2, 0.25) is 0 Å². The standard InChI is InChI=1S/C13H20N2O2/c1-2-3-10-4-5-11(16)8-12(10)15-9-14-7-6-13(15)17/h6-7,9-12,16H,2-5,8H2,1H3. The van der Waals surface area contributed by atoms with Crippen molar-refractivity contribution in [1.82, 2.24) is 9.55 Å². The van der Waals surface area contributed by atoms with Gasteiger partial charge in [0.15, 0.2) is 0 Å². The Morgan fingerprint density at radius 1 is 1.53 bits per heavy atom. The molecule has 0 aliphatic heterocycles. The molecule has 0 radical (unpaired) electrons. The molecule has 0 bridgehead atoms. The first kappa shape index (κ1) is 12.3. The third kappa shape index (κ3) is 2.75. The van der Waals surface area contributed by atoms with Crippen LogP contribution in [0.4, 0.5) is 0 Å². The number of aromatic nitrogens is 2. The largest absolute Gasteiger partial charge is 0.393 e. The molecular formula is C13H20N2O2. The molecule has 3 atom stereocenters. The molecule has 1 saturated carbocycles. The Labute approximate surface area is 101 Å². The third-order valence-electron chi connectivity index (χ3n) is 3.69. The summed E-state index contributed by atoms with van der Waals surface area (Å²) in [5, 5.41) is 9.78. The van der Waals surface area contributed by atoms with Crippen LogP contribution in [0, 0.1) is 5.92 Å². The zero-order chi connectivity index (χ0) is 12.3. The molecular weight excluding hydrogens is 216 g/mol. The first-order valence-electron chi connectivity index (χ1n) is 6.42. The second kappa shape index (κ2) is 5.45. The van der Waals surface area contributed by atoms with Gasteiger partial charge in [0, 0.05) is 18.3 Å². The van der Waals surface area contributed by atoms with Gasteiger partial charge in [0.25, 0.3) is 5.56 Å². The number of aliphatic hydroxyl groups excluding tert-OH is 1. The van der Waals surface area contributed by atoms with Crippen molar-refractivity contribution in [2.75, 3.05) is 0 Å². The Balaban J connectivity index is 2.26. The van der Waals surface area contributed by atoms with E-state index in [0.29, 0.717) is 12.3 Å². The van der Waals surface area contributed by atoms with Crippen molar-refractivity contribution in [3.63, 3.8) is 0 Å². The fraction of sp³-hybridized carbons (Fsp3) is 0.692. The Morgan fingerprint density at radius 3 is 3.06 bits per heavy atom. The lowest BCUT2D eigenvalue weighted by molar-refractivity contribution is 0.0678. The van der Waals surface area contributed by atoms with Gasteiger partial charge >= 0.3 is 0 Å². The maximum absolute atomic E-state index is 11.8. The second-order valence-corrected chi connectivity index (χ2v) is 4.91. The lowest BCUT2D eigenvalue weighted by Crippen LogP contribution is -2.35. The van der Waals surface area contributed by atoms with Crippen LogP contribution in [0.5, 0.6) is 0 Å². The van der Waals surface area contributed by atoms with Crippen molar-refractivity contribution in [2.24, 2.45) is 5.92 Å². The van der Waals surface area contributed by atoms with E-state index in [4.69, 9.17) is 0 Å². The summed E-state index contributed by atoms with van der Waals surface area (Å²) in [4.78, 5) is 15.8. The summed E-state index contributed by atoms with van der Waals surface area (Å²) in [6.45, 7) is 2.16. The van der Waals surface area contributed by atoms with E-state index in [1.54, 1.807) is 10.9 Å². The van der Waals surface area contributed by atoms with Crippen molar-refractivity contribution in [3.8, 4) is 0 Å². The molecule has 4 heteroatoms. The summed E-state index contributed by atoms with van der Waals surface area (Å²) in [6.07, 6.45) is 7.61. The van der Waals surface area contributed by atoms with Crippen molar-refractivity contribution < 1.29 is 5.11 Å². The number of hydrogen-bond donors (Lipinski definition) is 1. The van der Waals surface area contributed by atoms with Gasteiger partial charge in [-0.1, -0.05) is 13.3 Å².